The van der Waals surface area contributed by atoms with Crippen LogP contribution in [-0.2, 0) is 23.9 Å². The summed E-state index contributed by atoms with van der Waals surface area (Å²) >= 11 is 0. The first-order chi connectivity index (χ1) is 12.9. The topological polar surface area (TPSA) is 92.8 Å². The average Bonchev–Trinajstić information content (AvgIpc) is 2.89. The molecule has 0 unspecified atom stereocenters. The molecular weight excluding hydrogens is 348 g/mol. The van der Waals surface area contributed by atoms with Gasteiger partial charge in [-0.1, -0.05) is 24.3 Å². The Hall–Kier alpha value is -2.96. The van der Waals surface area contributed by atoms with Crippen molar-refractivity contribution in [1.82, 2.24) is 4.90 Å². The fraction of sp³-hybridized carbons (Fsp3) is 0.400. The summed E-state index contributed by atoms with van der Waals surface area (Å²) in [5, 5.41) is 2.69. The zero-order valence-corrected chi connectivity index (χ0v) is 15.4. The Kier molecular flexibility index (Phi) is 5.39. The smallest absolute Gasteiger partial charge is 0.326 e. The molecule has 142 valence electrons. The molecule has 27 heavy (non-hydrogen) atoms. The third-order valence-electron chi connectivity index (χ3n) is 5.13. The number of hydrogen-bond donors (Lipinski definition) is 1. The summed E-state index contributed by atoms with van der Waals surface area (Å²) in [4.78, 5) is 49.6. The van der Waals surface area contributed by atoms with Crippen LogP contribution in [0.25, 0.3) is 0 Å². The van der Waals surface area contributed by atoms with E-state index < -0.39 is 25.0 Å². The third-order valence-corrected chi connectivity index (χ3v) is 5.13. The fourth-order valence-electron chi connectivity index (χ4n) is 3.42. The number of carbonyl (C=O) groups excluding carboxylic acids is 4. The van der Waals surface area contributed by atoms with Crippen LogP contribution in [0.4, 0.5) is 5.69 Å². The maximum atomic E-state index is 12.3. The van der Waals surface area contributed by atoms with Gasteiger partial charge in [-0.25, -0.2) is 0 Å². The van der Waals surface area contributed by atoms with Gasteiger partial charge in [0.2, 0.25) is 11.8 Å². The lowest BCUT2D eigenvalue weighted by Crippen LogP contribution is -2.37. The van der Waals surface area contributed by atoms with E-state index in [1.54, 1.807) is 6.07 Å². The lowest BCUT2D eigenvalue weighted by molar-refractivity contribution is -0.154. The third kappa shape index (κ3) is 3.92. The second-order valence-corrected chi connectivity index (χ2v) is 6.87. The van der Waals surface area contributed by atoms with E-state index in [1.807, 2.05) is 38.1 Å². The van der Waals surface area contributed by atoms with Gasteiger partial charge in [-0.05, 0) is 43.9 Å². The van der Waals surface area contributed by atoms with Gasteiger partial charge in [-0.2, -0.15) is 0 Å². The predicted molar refractivity (Wildman–Crippen MR) is 97.6 cm³/mol. The number of benzene rings is 1. The van der Waals surface area contributed by atoms with Crippen molar-refractivity contribution in [3.05, 3.63) is 41.5 Å². The van der Waals surface area contributed by atoms with Crippen molar-refractivity contribution in [2.45, 2.75) is 26.7 Å². The first kappa shape index (κ1) is 18.8. The van der Waals surface area contributed by atoms with Gasteiger partial charge in [0.05, 0.1) is 11.8 Å². The summed E-state index contributed by atoms with van der Waals surface area (Å²) in [5.74, 6) is -2.71. The van der Waals surface area contributed by atoms with E-state index in [1.165, 1.54) is 0 Å². The van der Waals surface area contributed by atoms with Crippen molar-refractivity contribution in [3.8, 4) is 0 Å². The predicted octanol–water partition coefficient (Wildman–Crippen LogP) is 1.74. The van der Waals surface area contributed by atoms with E-state index in [0.29, 0.717) is 18.5 Å². The molecule has 7 heteroatoms. The number of aryl methyl sites for hydroxylation is 1. The molecule has 0 saturated carbocycles. The molecule has 1 aromatic carbocycles. The highest BCUT2D eigenvalue weighted by atomic mass is 16.5. The Labute approximate surface area is 157 Å². The van der Waals surface area contributed by atoms with Crippen molar-refractivity contribution < 1.29 is 23.9 Å². The summed E-state index contributed by atoms with van der Waals surface area (Å²) in [6, 6.07) is 5.52. The number of amides is 3. The van der Waals surface area contributed by atoms with Crippen LogP contribution < -0.4 is 5.32 Å². The van der Waals surface area contributed by atoms with E-state index in [-0.39, 0.29) is 23.7 Å². The second-order valence-electron chi connectivity index (χ2n) is 6.87. The first-order valence-electron chi connectivity index (χ1n) is 8.90. The van der Waals surface area contributed by atoms with Gasteiger partial charge in [0.25, 0.3) is 5.91 Å². The average molecular weight is 370 g/mol. The normalized spacial score (nSPS) is 21.2. The van der Waals surface area contributed by atoms with Crippen LogP contribution >= 0.6 is 0 Å². The van der Waals surface area contributed by atoms with Crippen LogP contribution in [0.2, 0.25) is 0 Å². The van der Waals surface area contributed by atoms with Crippen molar-refractivity contribution >= 4 is 29.4 Å². The second kappa shape index (κ2) is 7.73. The number of nitrogens with one attached hydrogen (secondary N) is 1. The molecule has 1 fully saturated rings. The Morgan fingerprint density at radius 1 is 1.11 bits per heavy atom. The van der Waals surface area contributed by atoms with Crippen LogP contribution in [0.15, 0.2) is 30.4 Å². The molecule has 2 aliphatic rings. The number of carbonyl (C=O) groups is 4. The molecule has 0 spiro atoms. The van der Waals surface area contributed by atoms with E-state index in [4.69, 9.17) is 4.74 Å². The molecule has 1 aliphatic heterocycles. The van der Waals surface area contributed by atoms with Gasteiger partial charge in [0.15, 0.2) is 6.61 Å². The van der Waals surface area contributed by atoms with E-state index in [9.17, 15) is 19.2 Å². The minimum atomic E-state index is -0.778. The molecule has 0 bridgehead atoms. The fourth-order valence-corrected chi connectivity index (χ4v) is 3.42. The summed E-state index contributed by atoms with van der Waals surface area (Å²) < 4.78 is 4.95. The molecule has 3 rings (SSSR count). The number of ether oxygens (including phenoxy) is 1. The lowest BCUT2D eigenvalue weighted by Gasteiger charge is -2.14. The van der Waals surface area contributed by atoms with Crippen LogP contribution in [0.5, 0.6) is 0 Å². The van der Waals surface area contributed by atoms with Gasteiger partial charge in [-0.15, -0.1) is 0 Å². The largest absolute Gasteiger partial charge is 0.454 e. The molecule has 1 N–H and O–H groups in total. The number of nitrogens with zero attached hydrogens (tertiary/aromatic N) is 1. The first-order valence-corrected chi connectivity index (χ1v) is 8.90. The molecule has 0 radical (unpaired) electrons. The molecule has 1 heterocycles. The van der Waals surface area contributed by atoms with Gasteiger partial charge in [0.1, 0.15) is 6.54 Å². The van der Waals surface area contributed by atoms with Crippen molar-refractivity contribution in [2.24, 2.45) is 11.8 Å². The number of fused-ring (bicyclic) bond motifs is 1. The number of hydrogen-bond acceptors (Lipinski definition) is 5. The molecule has 1 aliphatic carbocycles. The summed E-state index contributed by atoms with van der Waals surface area (Å²) in [7, 11) is 0. The minimum absolute atomic E-state index is 0.342. The van der Waals surface area contributed by atoms with Crippen LogP contribution in [0.3, 0.4) is 0 Å². The monoisotopic (exact) mass is 370 g/mol. The molecule has 0 aromatic heterocycles. The summed E-state index contributed by atoms with van der Waals surface area (Å²) in [6.07, 6.45) is 4.79. The zero-order chi connectivity index (χ0) is 19.6. The maximum absolute atomic E-state index is 12.3. The maximum Gasteiger partial charge on any atom is 0.326 e. The van der Waals surface area contributed by atoms with E-state index >= 15 is 0 Å². The molecule has 3 amide bonds. The van der Waals surface area contributed by atoms with E-state index in [2.05, 4.69) is 5.32 Å². The molecule has 1 aromatic rings. The zero-order valence-electron chi connectivity index (χ0n) is 15.4. The van der Waals surface area contributed by atoms with E-state index in [0.717, 1.165) is 16.0 Å². The standard InChI is InChI=1S/C20H22N2O5/c1-12-6-5-9-16(13(12)2)21-17(23)11-27-18(24)10-22-19(25)14-7-3-4-8-15(14)20(22)26/h3-6,9,14-15H,7-8,10-11H2,1-2H3,(H,21,23)/t14-,15-/m0/s1. The number of esters is 1. The van der Waals surface area contributed by atoms with Crippen LogP contribution in [0, 0.1) is 25.7 Å². The van der Waals surface area contributed by atoms with Crippen molar-refractivity contribution in [3.63, 3.8) is 0 Å². The molecule has 2 atom stereocenters. The Morgan fingerprint density at radius 3 is 2.37 bits per heavy atom. The van der Waals surface area contributed by atoms with Crippen molar-refractivity contribution in [2.75, 3.05) is 18.5 Å². The number of anilines is 1. The van der Waals surface area contributed by atoms with Gasteiger partial charge < -0.3 is 10.1 Å². The minimum Gasteiger partial charge on any atom is -0.454 e. The van der Waals surface area contributed by atoms with Gasteiger partial charge in [0, 0.05) is 5.69 Å². The highest BCUT2D eigenvalue weighted by Gasteiger charge is 2.47. The number of likely N-dealkylation sites (tertiary alicyclic amines) is 1. The number of rotatable bonds is 5. The van der Waals surface area contributed by atoms with Crippen LogP contribution in [-0.4, -0.2) is 41.7 Å². The number of imide groups is 1. The van der Waals surface area contributed by atoms with Gasteiger partial charge in [-0.3, -0.25) is 24.1 Å². The highest BCUT2D eigenvalue weighted by Crippen LogP contribution is 2.34. The summed E-state index contributed by atoms with van der Waals surface area (Å²) in [6.45, 7) is 2.89. The quantitative estimate of drug-likeness (QED) is 0.484. The summed E-state index contributed by atoms with van der Waals surface area (Å²) in [5.41, 5.74) is 2.62. The SMILES string of the molecule is Cc1cccc(NC(=O)COC(=O)CN2C(=O)[C@H]3CC=CC[C@@H]3C2=O)c1C. The molecule has 7 nitrogen and oxygen atoms in total. The van der Waals surface area contributed by atoms with Gasteiger partial charge >= 0.3 is 5.97 Å². The molecule has 1 saturated heterocycles. The highest BCUT2D eigenvalue weighted by molar-refractivity contribution is 6.07. The van der Waals surface area contributed by atoms with Crippen molar-refractivity contribution in [1.29, 1.82) is 0 Å². The van der Waals surface area contributed by atoms with Crippen LogP contribution in [0.1, 0.15) is 24.0 Å². The Bertz CT molecular complexity index is 804. The Balaban J connectivity index is 1.51. The molecular formula is C20H22N2O5. The Morgan fingerprint density at radius 2 is 1.74 bits per heavy atom. The lowest BCUT2D eigenvalue weighted by atomic mass is 9.85. The number of allylic oxidation sites excluding steroid dienone is 2.